The van der Waals surface area contributed by atoms with E-state index in [-0.39, 0.29) is 6.61 Å². The Hall–Kier alpha value is -0.980. The molecule has 94 valence electrons. The zero-order valence-corrected chi connectivity index (χ0v) is 9.83. The minimum absolute atomic E-state index is 0.285. The molecule has 5 heteroatoms. The molecule has 5 nitrogen and oxygen atoms in total. The third-order valence-electron chi connectivity index (χ3n) is 2.74. The summed E-state index contributed by atoms with van der Waals surface area (Å²) >= 11 is 0. The second-order valence-corrected chi connectivity index (χ2v) is 4.45. The molecular weight excluding hydrogens is 224 g/mol. The summed E-state index contributed by atoms with van der Waals surface area (Å²) in [7, 11) is 0. The molecule has 2 rings (SSSR count). The number of ether oxygens (including phenoxy) is 1. The highest BCUT2D eigenvalue weighted by Crippen LogP contribution is 2.29. The van der Waals surface area contributed by atoms with Gasteiger partial charge in [0.25, 0.3) is 0 Å². The Morgan fingerprint density at radius 1 is 1.24 bits per heavy atom. The topological polar surface area (TPSA) is 57.2 Å². The van der Waals surface area contributed by atoms with Crippen molar-refractivity contribution in [3.8, 4) is 0 Å². The van der Waals surface area contributed by atoms with Crippen LogP contribution in [0, 0.1) is 0 Å². The molecule has 0 bridgehead atoms. The molecule has 1 fully saturated rings. The van der Waals surface area contributed by atoms with Crippen molar-refractivity contribution in [2.45, 2.75) is 31.8 Å². The van der Waals surface area contributed by atoms with Gasteiger partial charge >= 0.3 is 0 Å². The minimum Gasteiger partial charge on any atom is -0.343 e. The third-order valence-corrected chi connectivity index (χ3v) is 2.74. The highest BCUT2D eigenvalue weighted by atomic mass is 17.2. The fourth-order valence-electron chi connectivity index (χ4n) is 1.49. The Morgan fingerprint density at radius 2 is 1.94 bits per heavy atom. The van der Waals surface area contributed by atoms with Crippen molar-refractivity contribution in [2.75, 3.05) is 6.61 Å². The average Bonchev–Trinajstić information content (AvgIpc) is 2.40. The normalized spacial score (nSPS) is 25.8. The van der Waals surface area contributed by atoms with Gasteiger partial charge in [0.05, 0.1) is 6.61 Å². The number of benzene rings is 1. The number of hydrogen-bond donors (Lipinski definition) is 1. The van der Waals surface area contributed by atoms with Crippen LogP contribution in [0.3, 0.4) is 0 Å². The standard InChI is InChI=1S/C12H16O5/c1-12(2,17-13)10-8-14-11(16-15-10)9-6-4-3-5-7-9/h3-7,10-11,13H,8H2,1-2H3. The van der Waals surface area contributed by atoms with Crippen molar-refractivity contribution >= 4 is 0 Å². The largest absolute Gasteiger partial charge is 0.343 e. The van der Waals surface area contributed by atoms with Crippen LogP contribution in [0.1, 0.15) is 25.7 Å². The van der Waals surface area contributed by atoms with E-state index in [1.54, 1.807) is 13.8 Å². The zero-order valence-electron chi connectivity index (χ0n) is 9.83. The monoisotopic (exact) mass is 240 g/mol. The van der Waals surface area contributed by atoms with E-state index in [1.165, 1.54) is 0 Å². The fraction of sp³-hybridized carbons (Fsp3) is 0.500. The minimum atomic E-state index is -0.873. The molecule has 1 aliphatic heterocycles. The van der Waals surface area contributed by atoms with Gasteiger partial charge in [-0.15, -0.1) is 0 Å². The Balaban J connectivity index is 1.95. The molecule has 1 aromatic rings. The SMILES string of the molecule is CC(C)(OO)C1COC(c2ccccc2)OO1. The Bertz CT molecular complexity index is 343. The summed E-state index contributed by atoms with van der Waals surface area (Å²) in [6, 6.07) is 9.49. The predicted octanol–water partition coefficient (Wildman–Crippen LogP) is 2.30. The van der Waals surface area contributed by atoms with Crippen molar-refractivity contribution in [1.29, 1.82) is 0 Å². The zero-order chi connectivity index (χ0) is 12.3. The highest BCUT2D eigenvalue weighted by molar-refractivity contribution is 5.15. The van der Waals surface area contributed by atoms with Crippen molar-refractivity contribution < 1.29 is 24.7 Å². The van der Waals surface area contributed by atoms with E-state index in [2.05, 4.69) is 4.89 Å². The van der Waals surface area contributed by atoms with Gasteiger partial charge in [-0.2, -0.15) is 4.89 Å². The summed E-state index contributed by atoms with van der Waals surface area (Å²) in [5.74, 6) is 0. The number of rotatable bonds is 3. The maximum absolute atomic E-state index is 8.74. The molecule has 0 radical (unpaired) electrons. The molecule has 1 aliphatic rings. The average molecular weight is 240 g/mol. The summed E-state index contributed by atoms with van der Waals surface area (Å²) in [6.07, 6.45) is -1.02. The lowest BCUT2D eigenvalue weighted by atomic mass is 10.0. The summed E-state index contributed by atoms with van der Waals surface area (Å²) in [6.45, 7) is 3.66. The quantitative estimate of drug-likeness (QED) is 0.649. The first-order valence-electron chi connectivity index (χ1n) is 5.45. The van der Waals surface area contributed by atoms with Gasteiger partial charge in [0.1, 0.15) is 11.7 Å². The van der Waals surface area contributed by atoms with Gasteiger partial charge < -0.3 is 4.74 Å². The molecule has 0 spiro atoms. The van der Waals surface area contributed by atoms with Gasteiger partial charge in [-0.05, 0) is 13.8 Å². The first-order chi connectivity index (χ1) is 8.13. The van der Waals surface area contributed by atoms with Crippen molar-refractivity contribution in [2.24, 2.45) is 0 Å². The lowest BCUT2D eigenvalue weighted by molar-refractivity contribution is -0.479. The summed E-state index contributed by atoms with van der Waals surface area (Å²) in [4.78, 5) is 14.7. The van der Waals surface area contributed by atoms with Crippen LogP contribution < -0.4 is 0 Å². The van der Waals surface area contributed by atoms with Crippen LogP contribution in [0.4, 0.5) is 0 Å². The van der Waals surface area contributed by atoms with Crippen molar-refractivity contribution in [3.05, 3.63) is 35.9 Å². The smallest absolute Gasteiger partial charge is 0.217 e. The van der Waals surface area contributed by atoms with Crippen LogP contribution in [0.25, 0.3) is 0 Å². The van der Waals surface area contributed by atoms with Crippen LogP contribution >= 0.6 is 0 Å². The molecule has 2 unspecified atom stereocenters. The van der Waals surface area contributed by atoms with Crippen LogP contribution in [0.5, 0.6) is 0 Å². The van der Waals surface area contributed by atoms with E-state index in [4.69, 9.17) is 19.8 Å². The van der Waals surface area contributed by atoms with E-state index in [1.807, 2.05) is 30.3 Å². The molecule has 0 amide bonds. The molecule has 1 heterocycles. The first kappa shape index (κ1) is 12.5. The van der Waals surface area contributed by atoms with Crippen molar-refractivity contribution in [3.63, 3.8) is 0 Å². The van der Waals surface area contributed by atoms with Gasteiger partial charge in [0, 0.05) is 5.56 Å². The van der Waals surface area contributed by atoms with Crippen LogP contribution in [-0.2, 0) is 19.4 Å². The molecular formula is C12H16O5. The summed E-state index contributed by atoms with van der Waals surface area (Å²) in [5.41, 5.74) is 0.00968. The molecule has 1 aromatic carbocycles. The highest BCUT2D eigenvalue weighted by Gasteiger charge is 2.38. The molecule has 1 saturated heterocycles. The molecule has 2 atom stereocenters. The second-order valence-electron chi connectivity index (χ2n) is 4.45. The molecule has 0 saturated carbocycles. The predicted molar refractivity (Wildman–Crippen MR) is 58.9 cm³/mol. The van der Waals surface area contributed by atoms with E-state index >= 15 is 0 Å². The number of hydrogen-bond acceptors (Lipinski definition) is 5. The third kappa shape index (κ3) is 2.83. The van der Waals surface area contributed by atoms with E-state index in [0.29, 0.717) is 0 Å². The Labute approximate surface area is 99.7 Å². The van der Waals surface area contributed by atoms with Gasteiger partial charge in [0.15, 0.2) is 0 Å². The first-order valence-corrected chi connectivity index (χ1v) is 5.45. The van der Waals surface area contributed by atoms with Crippen LogP contribution in [0.15, 0.2) is 30.3 Å². The van der Waals surface area contributed by atoms with Crippen LogP contribution in [0.2, 0.25) is 0 Å². The fourth-order valence-corrected chi connectivity index (χ4v) is 1.49. The van der Waals surface area contributed by atoms with E-state index < -0.39 is 18.0 Å². The van der Waals surface area contributed by atoms with Gasteiger partial charge in [-0.25, -0.2) is 9.78 Å². The molecule has 0 aromatic heterocycles. The molecule has 17 heavy (non-hydrogen) atoms. The lowest BCUT2D eigenvalue weighted by Crippen LogP contribution is -2.46. The summed E-state index contributed by atoms with van der Waals surface area (Å²) in [5, 5.41) is 8.74. The van der Waals surface area contributed by atoms with Gasteiger partial charge in [-0.1, -0.05) is 30.3 Å². The molecule has 1 N–H and O–H groups in total. The van der Waals surface area contributed by atoms with Gasteiger partial charge in [-0.3, -0.25) is 5.26 Å². The van der Waals surface area contributed by atoms with E-state index in [0.717, 1.165) is 5.56 Å². The second kappa shape index (κ2) is 5.12. The van der Waals surface area contributed by atoms with E-state index in [9.17, 15) is 0 Å². The Morgan fingerprint density at radius 3 is 2.47 bits per heavy atom. The van der Waals surface area contributed by atoms with Gasteiger partial charge in [0.2, 0.25) is 6.29 Å². The molecule has 0 aliphatic carbocycles. The van der Waals surface area contributed by atoms with Crippen molar-refractivity contribution in [1.82, 2.24) is 0 Å². The van der Waals surface area contributed by atoms with Crippen LogP contribution in [-0.4, -0.2) is 23.6 Å². The maximum atomic E-state index is 8.74. The lowest BCUT2D eigenvalue weighted by Gasteiger charge is -2.35. The maximum Gasteiger partial charge on any atom is 0.217 e. The summed E-state index contributed by atoms with van der Waals surface area (Å²) < 4.78 is 5.53. The Kier molecular flexibility index (Phi) is 3.76.